The van der Waals surface area contributed by atoms with Crippen LogP contribution in [0.3, 0.4) is 0 Å². The second-order valence-corrected chi connectivity index (χ2v) is 5.02. The van der Waals surface area contributed by atoms with E-state index in [1.54, 1.807) is 0 Å². The highest BCUT2D eigenvalue weighted by Crippen LogP contribution is 2.36. The second-order valence-electron chi connectivity index (χ2n) is 3.61. The standard InChI is InChI=1S/C10H14ClFN2OS/c1-5(3-15)4-16-10-7(14)2-6(13)8(11)9(10)12/h2,5,15H,3-4,13-14H2,1H3. The van der Waals surface area contributed by atoms with E-state index in [1.807, 2.05) is 6.92 Å². The second kappa shape index (κ2) is 5.61. The Morgan fingerprint density at radius 2 is 2.12 bits per heavy atom. The van der Waals surface area contributed by atoms with Crippen LogP contribution in [0.15, 0.2) is 11.0 Å². The Morgan fingerprint density at radius 1 is 1.50 bits per heavy atom. The number of halogens is 2. The average Bonchev–Trinajstić information content (AvgIpc) is 2.25. The minimum Gasteiger partial charge on any atom is -0.398 e. The van der Waals surface area contributed by atoms with E-state index >= 15 is 0 Å². The first-order valence-electron chi connectivity index (χ1n) is 4.74. The molecular formula is C10H14ClFN2OS. The topological polar surface area (TPSA) is 72.3 Å². The maximum absolute atomic E-state index is 13.7. The highest BCUT2D eigenvalue weighted by Gasteiger charge is 2.15. The Labute approximate surface area is 103 Å². The summed E-state index contributed by atoms with van der Waals surface area (Å²) >= 11 is 6.91. The monoisotopic (exact) mass is 264 g/mol. The van der Waals surface area contributed by atoms with Gasteiger partial charge in [-0.15, -0.1) is 11.8 Å². The smallest absolute Gasteiger partial charge is 0.159 e. The zero-order valence-corrected chi connectivity index (χ0v) is 10.4. The van der Waals surface area contributed by atoms with Gasteiger partial charge in [-0.3, -0.25) is 0 Å². The van der Waals surface area contributed by atoms with Crippen molar-refractivity contribution in [2.75, 3.05) is 23.8 Å². The fraction of sp³-hybridized carbons (Fsp3) is 0.400. The molecule has 0 bridgehead atoms. The van der Waals surface area contributed by atoms with Crippen molar-refractivity contribution < 1.29 is 9.50 Å². The van der Waals surface area contributed by atoms with Crippen LogP contribution in [-0.4, -0.2) is 17.5 Å². The molecule has 0 saturated carbocycles. The lowest BCUT2D eigenvalue weighted by molar-refractivity contribution is 0.250. The van der Waals surface area contributed by atoms with Gasteiger partial charge >= 0.3 is 0 Å². The van der Waals surface area contributed by atoms with Gasteiger partial charge in [-0.05, 0) is 12.0 Å². The quantitative estimate of drug-likeness (QED) is 0.577. The lowest BCUT2D eigenvalue weighted by Gasteiger charge is -2.12. The first kappa shape index (κ1) is 13.4. The lowest BCUT2D eigenvalue weighted by atomic mass is 10.2. The molecule has 16 heavy (non-hydrogen) atoms. The summed E-state index contributed by atoms with van der Waals surface area (Å²) in [5, 5.41) is 8.76. The number of hydrogen-bond acceptors (Lipinski definition) is 4. The zero-order valence-electron chi connectivity index (χ0n) is 8.84. The summed E-state index contributed by atoms with van der Waals surface area (Å²) < 4.78 is 13.7. The van der Waals surface area contributed by atoms with E-state index in [1.165, 1.54) is 17.8 Å². The summed E-state index contributed by atoms with van der Waals surface area (Å²) in [6, 6.07) is 1.44. The molecule has 1 atom stereocenters. The number of rotatable bonds is 4. The van der Waals surface area contributed by atoms with Crippen LogP contribution in [0.5, 0.6) is 0 Å². The Kier molecular flexibility index (Phi) is 4.70. The summed E-state index contributed by atoms with van der Waals surface area (Å²) in [4.78, 5) is 0.291. The lowest BCUT2D eigenvalue weighted by Crippen LogP contribution is -2.05. The molecule has 0 aliphatic rings. The molecule has 5 N–H and O–H groups in total. The van der Waals surface area contributed by atoms with Gasteiger partial charge in [0.05, 0.1) is 16.3 Å². The number of benzene rings is 1. The van der Waals surface area contributed by atoms with Crippen LogP contribution in [0.1, 0.15) is 6.92 Å². The molecule has 0 heterocycles. The highest BCUT2D eigenvalue weighted by molar-refractivity contribution is 7.99. The Morgan fingerprint density at radius 3 is 2.69 bits per heavy atom. The van der Waals surface area contributed by atoms with E-state index in [9.17, 15) is 4.39 Å². The third-order valence-corrected chi connectivity index (χ3v) is 3.87. The first-order valence-corrected chi connectivity index (χ1v) is 6.10. The highest BCUT2D eigenvalue weighted by atomic mass is 35.5. The summed E-state index contributed by atoms with van der Waals surface area (Å²) in [7, 11) is 0. The van der Waals surface area contributed by atoms with Crippen LogP contribution in [0.25, 0.3) is 0 Å². The Hall–Kier alpha value is -0.650. The molecule has 0 saturated heterocycles. The maximum Gasteiger partial charge on any atom is 0.159 e. The van der Waals surface area contributed by atoms with Crippen molar-refractivity contribution in [1.29, 1.82) is 0 Å². The van der Waals surface area contributed by atoms with Crippen molar-refractivity contribution in [2.45, 2.75) is 11.8 Å². The molecule has 0 aromatic heterocycles. The minimum atomic E-state index is -0.589. The fourth-order valence-corrected chi connectivity index (χ4v) is 2.29. The van der Waals surface area contributed by atoms with Crippen molar-refractivity contribution >= 4 is 34.7 Å². The number of nitrogen functional groups attached to an aromatic ring is 2. The molecular weight excluding hydrogens is 251 g/mol. The van der Waals surface area contributed by atoms with Gasteiger partial charge in [0.25, 0.3) is 0 Å². The van der Waals surface area contributed by atoms with Gasteiger partial charge in [-0.2, -0.15) is 0 Å². The van der Waals surface area contributed by atoms with Gasteiger partial charge in [-0.1, -0.05) is 18.5 Å². The summed E-state index contributed by atoms with van der Waals surface area (Å²) in [5.41, 5.74) is 11.5. The van der Waals surface area contributed by atoms with Crippen molar-refractivity contribution in [1.82, 2.24) is 0 Å². The van der Waals surface area contributed by atoms with Crippen LogP contribution >= 0.6 is 23.4 Å². The fourth-order valence-electron chi connectivity index (χ4n) is 1.07. The maximum atomic E-state index is 13.7. The molecule has 6 heteroatoms. The van der Waals surface area contributed by atoms with Crippen LogP contribution in [-0.2, 0) is 0 Å². The third kappa shape index (κ3) is 2.93. The van der Waals surface area contributed by atoms with E-state index in [4.69, 9.17) is 28.2 Å². The molecule has 90 valence electrons. The molecule has 1 rings (SSSR count). The minimum absolute atomic E-state index is 0.0528. The van der Waals surface area contributed by atoms with Gasteiger partial charge in [-0.25, -0.2) is 4.39 Å². The SMILES string of the molecule is CC(CO)CSc1c(N)cc(N)c(Cl)c1F. The normalized spacial score (nSPS) is 12.8. The number of aliphatic hydroxyl groups excluding tert-OH is 1. The van der Waals surface area contributed by atoms with Crippen LogP contribution < -0.4 is 11.5 Å². The van der Waals surface area contributed by atoms with Gasteiger partial charge in [0.2, 0.25) is 0 Å². The molecule has 0 fully saturated rings. The molecule has 3 nitrogen and oxygen atoms in total. The van der Waals surface area contributed by atoms with E-state index in [2.05, 4.69) is 0 Å². The van der Waals surface area contributed by atoms with E-state index in [-0.39, 0.29) is 28.9 Å². The van der Waals surface area contributed by atoms with Crippen molar-refractivity contribution in [3.63, 3.8) is 0 Å². The number of nitrogens with two attached hydrogens (primary N) is 2. The first-order chi connectivity index (χ1) is 7.47. The molecule has 1 unspecified atom stereocenters. The van der Waals surface area contributed by atoms with Gasteiger partial charge in [0.1, 0.15) is 5.02 Å². The van der Waals surface area contributed by atoms with Gasteiger partial charge in [0.15, 0.2) is 5.82 Å². The zero-order chi connectivity index (χ0) is 12.3. The summed E-state index contributed by atoms with van der Waals surface area (Å²) in [6.45, 7) is 1.91. The third-order valence-electron chi connectivity index (χ3n) is 2.04. The van der Waals surface area contributed by atoms with Crippen molar-refractivity contribution in [3.05, 3.63) is 16.9 Å². The van der Waals surface area contributed by atoms with Crippen LogP contribution in [0.2, 0.25) is 5.02 Å². The molecule has 1 aromatic rings. The number of anilines is 2. The summed E-state index contributed by atoms with van der Waals surface area (Å²) in [5.74, 6) is 0.0483. The largest absolute Gasteiger partial charge is 0.398 e. The number of aliphatic hydroxyl groups is 1. The van der Waals surface area contributed by atoms with Crippen molar-refractivity contribution in [3.8, 4) is 0 Å². The van der Waals surface area contributed by atoms with E-state index < -0.39 is 5.82 Å². The molecule has 0 aliphatic carbocycles. The predicted molar refractivity (Wildman–Crippen MR) is 67.2 cm³/mol. The molecule has 0 radical (unpaired) electrons. The average molecular weight is 265 g/mol. The van der Waals surface area contributed by atoms with Crippen LogP contribution in [0, 0.1) is 11.7 Å². The summed E-state index contributed by atoms with van der Waals surface area (Å²) in [6.07, 6.45) is 0. The number of thioether (sulfide) groups is 1. The van der Waals surface area contributed by atoms with E-state index in [0.29, 0.717) is 10.6 Å². The number of hydrogen-bond donors (Lipinski definition) is 3. The van der Waals surface area contributed by atoms with Crippen LogP contribution in [0.4, 0.5) is 15.8 Å². The Bertz CT molecular complexity index is 390. The molecule has 1 aromatic carbocycles. The van der Waals surface area contributed by atoms with Gasteiger partial charge in [0, 0.05) is 12.4 Å². The molecule has 0 aliphatic heterocycles. The van der Waals surface area contributed by atoms with Crippen molar-refractivity contribution in [2.24, 2.45) is 5.92 Å². The molecule has 0 amide bonds. The van der Waals surface area contributed by atoms with E-state index in [0.717, 1.165) is 0 Å². The van der Waals surface area contributed by atoms with Gasteiger partial charge < -0.3 is 16.6 Å². The Balaban J connectivity index is 2.92. The molecule has 0 spiro atoms. The predicted octanol–water partition coefficient (Wildman–Crippen LogP) is 2.36.